The van der Waals surface area contributed by atoms with Crippen molar-refractivity contribution in [3.63, 3.8) is 0 Å². The molecule has 0 aliphatic carbocycles. The second-order valence-electron chi connectivity index (χ2n) is 3.09. The first-order chi connectivity index (χ1) is 7.61. The molecule has 0 aliphatic rings. The van der Waals surface area contributed by atoms with Gasteiger partial charge >= 0.3 is 90.0 Å². The fourth-order valence-electron chi connectivity index (χ4n) is 0.849. The molecule has 0 amide bonds. The van der Waals surface area contributed by atoms with E-state index < -0.39 is 37.1 Å². The van der Waals surface area contributed by atoms with Crippen molar-refractivity contribution in [2.45, 2.75) is 20.0 Å². The molecule has 5 N–H and O–H groups in total. The number of rotatable bonds is 3. The van der Waals surface area contributed by atoms with E-state index in [4.69, 9.17) is 12.9 Å². The fraction of sp³-hybridized carbons (Fsp3) is 0.364. The summed E-state index contributed by atoms with van der Waals surface area (Å²) in [7, 11) is 0. The Kier molecular flexibility index (Phi) is 13.3. The topological polar surface area (TPSA) is 102 Å². The summed E-state index contributed by atoms with van der Waals surface area (Å²) >= 11 is -1.75. The zero-order chi connectivity index (χ0) is 12.4. The van der Waals surface area contributed by atoms with Gasteiger partial charge in [0.05, 0.1) is 0 Å². The molecule has 0 fully saturated rings. The van der Waals surface area contributed by atoms with Crippen molar-refractivity contribution in [3.05, 3.63) is 30.3 Å². The Labute approximate surface area is 114 Å². The van der Waals surface area contributed by atoms with Gasteiger partial charge in [0.25, 0.3) is 0 Å². The van der Waals surface area contributed by atoms with Gasteiger partial charge in [-0.25, -0.2) is 0 Å². The normalized spacial score (nSPS) is 9.88. The van der Waals surface area contributed by atoms with Crippen molar-refractivity contribution >= 4 is 9.04 Å². The average molecular weight is 430 g/mol. The van der Waals surface area contributed by atoms with Crippen LogP contribution in [0.25, 0.3) is 0 Å². The maximum Gasteiger partial charge on any atom is 0.0402 e. The van der Waals surface area contributed by atoms with E-state index in [0.29, 0.717) is 0 Å². The van der Waals surface area contributed by atoms with Crippen LogP contribution in [-0.4, -0.2) is 28.9 Å². The summed E-state index contributed by atoms with van der Waals surface area (Å²) < 4.78 is 6.16. The Morgan fingerprint density at radius 3 is 2.29 bits per heavy atom. The second kappa shape index (κ2) is 12.0. The predicted octanol–water partition coefficient (Wildman–Crippen LogP) is 0.394. The Bertz CT molecular complexity index is 293. The molecule has 0 heterocycles. The smallest absolute Gasteiger partial charge is 0.0402 e. The van der Waals surface area contributed by atoms with E-state index in [9.17, 15) is 4.79 Å². The van der Waals surface area contributed by atoms with E-state index in [1.807, 2.05) is 30.3 Å². The molecule has 0 radical (unpaired) electrons. The monoisotopic (exact) mass is 431 g/mol. The average Bonchev–Trinajstić information content (AvgIpc) is 2.28. The molecule has 5 nitrogen and oxygen atoms in total. The standard InChI is InChI=1S/C6H5.C3H6O3.C2H6O.Hg.H3N/c1-2-4-6-5-3-1;1-2(4)3(5)6;1-2-3;;/h1-5H;2,4H,1H3,(H,5,6);3H,2H2,1H3;;1H3/q;;;+1;/p-1. The molecule has 0 aromatic heterocycles. The van der Waals surface area contributed by atoms with Gasteiger partial charge in [0.1, 0.15) is 0 Å². The predicted molar refractivity (Wildman–Crippen MR) is 61.6 cm³/mol. The van der Waals surface area contributed by atoms with E-state index in [2.05, 4.69) is 0 Å². The summed E-state index contributed by atoms with van der Waals surface area (Å²) in [5, 5.41) is 16.4. The Balaban J connectivity index is 0. The van der Waals surface area contributed by atoms with E-state index in [-0.39, 0.29) is 12.8 Å². The minimum atomic E-state index is -1.75. The van der Waals surface area contributed by atoms with Gasteiger partial charge in [-0.15, -0.1) is 0 Å². The minimum absolute atomic E-state index is 0. The SMILES string of the molecule is CC(O)C(=O)[O][Hg][c]1ccccc1.CCO.N. The van der Waals surface area contributed by atoms with E-state index in [1.54, 1.807) is 6.92 Å². The summed E-state index contributed by atoms with van der Waals surface area (Å²) in [5.74, 6) is -0.495. The summed E-state index contributed by atoms with van der Waals surface area (Å²) in [6, 6.07) is 9.68. The van der Waals surface area contributed by atoms with Crippen molar-refractivity contribution in [3.8, 4) is 0 Å². The van der Waals surface area contributed by atoms with E-state index in [0.717, 1.165) is 3.07 Å². The maximum absolute atomic E-state index is 10.9. The molecule has 1 aromatic rings. The molecule has 1 atom stereocenters. The molecular formula is C11H19HgNO4. The Morgan fingerprint density at radius 2 is 1.88 bits per heavy atom. The van der Waals surface area contributed by atoms with Crippen LogP contribution in [0.2, 0.25) is 0 Å². The van der Waals surface area contributed by atoms with Crippen molar-refractivity contribution in [2.75, 3.05) is 6.61 Å². The third kappa shape index (κ3) is 10.4. The number of aliphatic hydroxyl groups excluding tert-OH is 2. The van der Waals surface area contributed by atoms with Crippen LogP contribution in [0.15, 0.2) is 30.3 Å². The van der Waals surface area contributed by atoms with Crippen LogP contribution in [0, 0.1) is 0 Å². The molecular weight excluding hydrogens is 411 g/mol. The molecule has 0 saturated carbocycles. The minimum Gasteiger partial charge on any atom is -0.397 e. The van der Waals surface area contributed by atoms with Gasteiger partial charge in [0.2, 0.25) is 0 Å². The van der Waals surface area contributed by atoms with E-state index >= 15 is 0 Å². The van der Waals surface area contributed by atoms with Crippen molar-refractivity contribution < 1.29 is 42.7 Å². The maximum atomic E-state index is 10.9. The molecule has 0 bridgehead atoms. The van der Waals surface area contributed by atoms with Crippen molar-refractivity contribution in [1.82, 2.24) is 6.15 Å². The fourth-order valence-corrected chi connectivity index (χ4v) is 4.79. The Morgan fingerprint density at radius 1 is 1.41 bits per heavy atom. The molecule has 1 rings (SSSR count). The molecule has 6 heteroatoms. The largest absolute Gasteiger partial charge is 0.397 e. The summed E-state index contributed by atoms with van der Waals surface area (Å²) in [6.07, 6.45) is -0.997. The summed E-state index contributed by atoms with van der Waals surface area (Å²) in [6.45, 7) is 3.35. The van der Waals surface area contributed by atoms with Crippen LogP contribution in [-0.2, 0) is 32.5 Å². The first kappa shape index (κ1) is 18.9. The van der Waals surface area contributed by atoms with Gasteiger partial charge in [0.15, 0.2) is 0 Å². The zero-order valence-electron chi connectivity index (χ0n) is 10.3. The number of carbonyl (C=O) groups excluding carboxylic acids is 1. The van der Waals surface area contributed by atoms with E-state index in [1.165, 1.54) is 6.92 Å². The summed E-state index contributed by atoms with van der Waals surface area (Å²) in [5.41, 5.74) is 0. The third-order valence-electron chi connectivity index (χ3n) is 1.57. The van der Waals surface area contributed by atoms with Gasteiger partial charge in [0, 0.05) is 6.61 Å². The first-order valence-electron chi connectivity index (χ1n) is 5.11. The molecule has 17 heavy (non-hydrogen) atoms. The first-order valence-corrected chi connectivity index (χ1v) is 10.1. The molecule has 0 spiro atoms. The number of aliphatic hydroxyl groups is 2. The van der Waals surface area contributed by atoms with Gasteiger partial charge in [-0.2, -0.15) is 0 Å². The second-order valence-corrected chi connectivity index (χ2v) is 8.50. The molecule has 1 aromatic carbocycles. The van der Waals surface area contributed by atoms with Gasteiger partial charge in [-0.1, -0.05) is 0 Å². The number of benzene rings is 1. The zero-order valence-corrected chi connectivity index (χ0v) is 15.8. The van der Waals surface area contributed by atoms with Crippen LogP contribution in [0.1, 0.15) is 13.8 Å². The van der Waals surface area contributed by atoms with Crippen LogP contribution < -0.4 is 9.22 Å². The summed E-state index contributed by atoms with van der Waals surface area (Å²) in [4.78, 5) is 10.9. The van der Waals surface area contributed by atoms with Crippen LogP contribution in [0.4, 0.5) is 0 Å². The Hall–Kier alpha value is -0.495. The van der Waals surface area contributed by atoms with Crippen LogP contribution >= 0.6 is 0 Å². The van der Waals surface area contributed by atoms with Gasteiger partial charge < -0.3 is 11.3 Å². The van der Waals surface area contributed by atoms with Crippen molar-refractivity contribution in [2.24, 2.45) is 0 Å². The molecule has 94 valence electrons. The molecule has 0 saturated heterocycles. The number of hydrogen-bond acceptors (Lipinski definition) is 5. The quantitative estimate of drug-likeness (QED) is 0.603. The number of carbonyl (C=O) groups is 1. The number of hydrogen-bond donors (Lipinski definition) is 3. The molecule has 1 unspecified atom stereocenters. The third-order valence-corrected chi connectivity index (χ3v) is 6.36. The molecule has 0 aliphatic heterocycles. The van der Waals surface area contributed by atoms with Crippen LogP contribution in [0.5, 0.6) is 0 Å². The van der Waals surface area contributed by atoms with Gasteiger partial charge in [-0.3, -0.25) is 0 Å². The van der Waals surface area contributed by atoms with Crippen molar-refractivity contribution in [1.29, 1.82) is 0 Å². The van der Waals surface area contributed by atoms with Crippen LogP contribution in [0.3, 0.4) is 0 Å². The van der Waals surface area contributed by atoms with Gasteiger partial charge in [-0.05, 0) is 6.92 Å².